The summed E-state index contributed by atoms with van der Waals surface area (Å²) in [4.78, 5) is 23.8. The lowest BCUT2D eigenvalue weighted by molar-refractivity contribution is -0.147. The van der Waals surface area contributed by atoms with Crippen molar-refractivity contribution in [1.82, 2.24) is 0 Å². The second-order valence-electron chi connectivity index (χ2n) is 5.80. The molecule has 0 radical (unpaired) electrons. The fraction of sp³-hybridized carbons (Fsp3) is 0.300. The molecule has 0 aliphatic carbocycles. The van der Waals surface area contributed by atoms with Crippen LogP contribution in [0.2, 0.25) is 10.0 Å². The summed E-state index contributed by atoms with van der Waals surface area (Å²) in [5, 5.41) is 3.52. The first-order valence-electron chi connectivity index (χ1n) is 8.68. The van der Waals surface area contributed by atoms with Crippen LogP contribution in [0.25, 0.3) is 0 Å². The molecular weight excluding hydrogens is 421 g/mol. The summed E-state index contributed by atoms with van der Waals surface area (Å²) in [6, 6.07) is 9.86. The molecule has 0 spiro atoms. The molecule has 0 aliphatic rings. The van der Waals surface area contributed by atoms with E-state index in [0.717, 1.165) is 0 Å². The van der Waals surface area contributed by atoms with Gasteiger partial charge in [-0.05, 0) is 36.8 Å². The number of rotatable bonds is 10. The van der Waals surface area contributed by atoms with Crippen molar-refractivity contribution in [3.05, 3.63) is 46.4 Å². The van der Waals surface area contributed by atoms with Crippen molar-refractivity contribution in [3.8, 4) is 17.2 Å². The third-order valence-corrected chi connectivity index (χ3v) is 4.25. The van der Waals surface area contributed by atoms with Gasteiger partial charge in [-0.15, -0.1) is 0 Å². The maximum absolute atomic E-state index is 12.0. The summed E-state index contributed by atoms with van der Waals surface area (Å²) in [5.74, 6) is 0.496. The first-order chi connectivity index (χ1) is 13.9. The van der Waals surface area contributed by atoms with Crippen molar-refractivity contribution in [2.24, 2.45) is 0 Å². The Balaban J connectivity index is 1.71. The first-order valence-corrected chi connectivity index (χ1v) is 9.44. The average Bonchev–Trinajstić information content (AvgIpc) is 2.70. The van der Waals surface area contributed by atoms with Crippen LogP contribution < -0.4 is 19.5 Å². The molecule has 0 fully saturated rings. The van der Waals surface area contributed by atoms with Gasteiger partial charge in [0, 0.05) is 17.5 Å². The zero-order valence-corrected chi connectivity index (χ0v) is 17.5. The predicted octanol–water partition coefficient (Wildman–Crippen LogP) is 4.35. The summed E-state index contributed by atoms with van der Waals surface area (Å²) < 4.78 is 20.8. The summed E-state index contributed by atoms with van der Waals surface area (Å²) in [5.41, 5.74) is 0.418. The summed E-state index contributed by atoms with van der Waals surface area (Å²) in [6.45, 7) is -0.146. The molecule has 0 aliphatic heterocycles. The Morgan fingerprint density at radius 3 is 2.45 bits per heavy atom. The van der Waals surface area contributed by atoms with Crippen LogP contribution in [0.5, 0.6) is 17.2 Å². The lowest BCUT2D eigenvalue weighted by Gasteiger charge is -2.12. The predicted molar refractivity (Wildman–Crippen MR) is 110 cm³/mol. The number of hydrogen-bond acceptors (Lipinski definition) is 6. The monoisotopic (exact) mass is 441 g/mol. The van der Waals surface area contributed by atoms with Crippen LogP contribution >= 0.6 is 23.2 Å². The standard InChI is InChI=1S/C20H21Cl2NO6/c1-26-14-6-8-18(27-2)16(11-14)23-19(24)12-29-20(25)4-3-9-28-17-7-5-13(21)10-15(17)22/h5-8,10-11H,3-4,9,12H2,1-2H3,(H,23,24). The van der Waals surface area contributed by atoms with Gasteiger partial charge in [0.05, 0.1) is 31.5 Å². The molecule has 0 unspecified atom stereocenters. The molecule has 156 valence electrons. The second-order valence-corrected chi connectivity index (χ2v) is 6.65. The Labute approximate surface area is 178 Å². The minimum atomic E-state index is -0.511. The van der Waals surface area contributed by atoms with Gasteiger partial charge in [0.1, 0.15) is 17.2 Å². The van der Waals surface area contributed by atoms with Gasteiger partial charge >= 0.3 is 5.97 Å². The Kier molecular flexibility index (Phi) is 8.89. The molecule has 29 heavy (non-hydrogen) atoms. The molecule has 2 aromatic rings. The number of halogens is 2. The lowest BCUT2D eigenvalue weighted by atomic mass is 10.2. The Bertz CT molecular complexity index is 859. The van der Waals surface area contributed by atoms with Crippen molar-refractivity contribution in [3.63, 3.8) is 0 Å². The molecule has 1 amide bonds. The third kappa shape index (κ3) is 7.36. The number of methoxy groups -OCH3 is 2. The number of carbonyl (C=O) groups excluding carboxylic acids is 2. The number of anilines is 1. The highest BCUT2D eigenvalue weighted by Gasteiger charge is 2.12. The maximum Gasteiger partial charge on any atom is 0.306 e. The molecule has 9 heteroatoms. The van der Waals surface area contributed by atoms with Gasteiger partial charge in [-0.1, -0.05) is 23.2 Å². The van der Waals surface area contributed by atoms with Crippen molar-refractivity contribution in [2.45, 2.75) is 12.8 Å². The zero-order valence-electron chi connectivity index (χ0n) is 16.0. The van der Waals surface area contributed by atoms with E-state index in [-0.39, 0.29) is 13.0 Å². The fourth-order valence-electron chi connectivity index (χ4n) is 2.31. The van der Waals surface area contributed by atoms with E-state index < -0.39 is 18.5 Å². The normalized spacial score (nSPS) is 10.2. The Morgan fingerprint density at radius 2 is 1.76 bits per heavy atom. The second kappa shape index (κ2) is 11.4. The van der Waals surface area contributed by atoms with E-state index >= 15 is 0 Å². The quantitative estimate of drug-likeness (QED) is 0.435. The van der Waals surface area contributed by atoms with E-state index in [1.807, 2.05) is 0 Å². The van der Waals surface area contributed by atoms with E-state index in [1.165, 1.54) is 14.2 Å². The van der Waals surface area contributed by atoms with Crippen molar-refractivity contribution >= 4 is 40.8 Å². The molecule has 0 heterocycles. The molecule has 0 saturated heterocycles. The molecule has 2 rings (SSSR count). The summed E-state index contributed by atoms with van der Waals surface area (Å²) in [6.07, 6.45) is 0.504. The summed E-state index contributed by atoms with van der Waals surface area (Å²) in [7, 11) is 3.00. The Hall–Kier alpha value is -2.64. The highest BCUT2D eigenvalue weighted by atomic mass is 35.5. The van der Waals surface area contributed by atoms with Crippen LogP contribution in [-0.4, -0.2) is 39.3 Å². The van der Waals surface area contributed by atoms with E-state index in [0.29, 0.717) is 39.4 Å². The smallest absolute Gasteiger partial charge is 0.306 e. The van der Waals surface area contributed by atoms with E-state index in [4.69, 9.17) is 42.1 Å². The van der Waals surface area contributed by atoms with Gasteiger partial charge in [-0.2, -0.15) is 0 Å². The van der Waals surface area contributed by atoms with Crippen molar-refractivity contribution < 1.29 is 28.5 Å². The highest BCUT2D eigenvalue weighted by molar-refractivity contribution is 6.35. The van der Waals surface area contributed by atoms with Crippen LogP contribution in [0, 0.1) is 0 Å². The molecule has 0 aromatic heterocycles. The highest BCUT2D eigenvalue weighted by Crippen LogP contribution is 2.29. The van der Waals surface area contributed by atoms with Crippen LogP contribution in [0.3, 0.4) is 0 Å². The number of hydrogen-bond donors (Lipinski definition) is 1. The number of amides is 1. The van der Waals surface area contributed by atoms with E-state index in [1.54, 1.807) is 36.4 Å². The van der Waals surface area contributed by atoms with Crippen LogP contribution in [0.4, 0.5) is 5.69 Å². The lowest BCUT2D eigenvalue weighted by Crippen LogP contribution is -2.21. The minimum Gasteiger partial charge on any atom is -0.497 e. The van der Waals surface area contributed by atoms with Crippen molar-refractivity contribution in [1.29, 1.82) is 0 Å². The molecule has 0 atom stereocenters. The van der Waals surface area contributed by atoms with Gasteiger partial charge in [-0.25, -0.2) is 0 Å². The molecule has 7 nitrogen and oxygen atoms in total. The number of carbonyl (C=O) groups is 2. The topological polar surface area (TPSA) is 83.1 Å². The largest absolute Gasteiger partial charge is 0.497 e. The number of esters is 1. The van der Waals surface area contributed by atoms with Gasteiger partial charge in [0.25, 0.3) is 5.91 Å². The van der Waals surface area contributed by atoms with Gasteiger partial charge in [0.15, 0.2) is 6.61 Å². The van der Waals surface area contributed by atoms with Gasteiger partial charge < -0.3 is 24.3 Å². The molecular formula is C20H21Cl2NO6. The minimum absolute atomic E-state index is 0.0982. The third-order valence-electron chi connectivity index (χ3n) is 3.72. The van der Waals surface area contributed by atoms with E-state index in [9.17, 15) is 9.59 Å². The number of ether oxygens (including phenoxy) is 4. The van der Waals surface area contributed by atoms with Gasteiger partial charge in [0.2, 0.25) is 0 Å². The molecule has 1 N–H and O–H groups in total. The SMILES string of the molecule is COc1ccc(OC)c(NC(=O)COC(=O)CCCOc2ccc(Cl)cc2Cl)c1. The number of nitrogens with one attached hydrogen (secondary N) is 1. The van der Waals surface area contributed by atoms with Crippen LogP contribution in [-0.2, 0) is 14.3 Å². The van der Waals surface area contributed by atoms with Crippen LogP contribution in [0.15, 0.2) is 36.4 Å². The van der Waals surface area contributed by atoms with E-state index in [2.05, 4.69) is 5.32 Å². The first kappa shape index (κ1) is 22.6. The maximum atomic E-state index is 12.0. The van der Waals surface area contributed by atoms with Crippen LogP contribution in [0.1, 0.15) is 12.8 Å². The number of benzene rings is 2. The Morgan fingerprint density at radius 1 is 1.00 bits per heavy atom. The zero-order chi connectivity index (χ0) is 21.2. The van der Waals surface area contributed by atoms with Crippen molar-refractivity contribution in [2.75, 3.05) is 32.8 Å². The average molecular weight is 442 g/mol. The fourth-order valence-corrected chi connectivity index (χ4v) is 2.77. The summed E-state index contributed by atoms with van der Waals surface area (Å²) >= 11 is 11.8. The van der Waals surface area contributed by atoms with Gasteiger partial charge in [-0.3, -0.25) is 9.59 Å². The molecule has 0 bridgehead atoms. The molecule has 0 saturated carbocycles. The molecule has 2 aromatic carbocycles.